The molecule has 0 radical (unpaired) electrons. The number of nitrogens with zero attached hydrogens (tertiary/aromatic N) is 2. The Kier molecular flexibility index (Phi) is 6.71. The molecule has 0 bridgehead atoms. The minimum Gasteiger partial charge on any atom is -0.382 e. The van der Waals surface area contributed by atoms with Gasteiger partial charge in [0.2, 0.25) is 0 Å². The Balaban J connectivity index is 0.00000192. The van der Waals surface area contributed by atoms with Gasteiger partial charge in [0, 0.05) is 39.0 Å². The predicted octanol–water partition coefficient (Wildman–Crippen LogP) is 3.45. The smallest absolute Gasteiger partial charge is 0.198 e. The average Bonchev–Trinajstić information content (AvgIpc) is 3.19. The van der Waals surface area contributed by atoms with Crippen LogP contribution in [-0.2, 0) is 11.2 Å². The largest absolute Gasteiger partial charge is 0.382 e. The molecule has 5 heteroatoms. The first-order valence-electron chi connectivity index (χ1n) is 8.42. The summed E-state index contributed by atoms with van der Waals surface area (Å²) in [4.78, 5) is 6.81. The minimum absolute atomic E-state index is 0. The summed E-state index contributed by atoms with van der Waals surface area (Å²) in [6.45, 7) is 5.78. The molecule has 0 unspecified atom stereocenters. The number of halogens is 1. The highest BCUT2D eigenvalue weighted by Crippen LogP contribution is 2.48. The van der Waals surface area contributed by atoms with Crippen LogP contribution in [-0.4, -0.2) is 39.3 Å². The van der Waals surface area contributed by atoms with Gasteiger partial charge in [0.1, 0.15) is 0 Å². The van der Waals surface area contributed by atoms with E-state index in [9.17, 15) is 0 Å². The summed E-state index contributed by atoms with van der Waals surface area (Å²) in [6, 6.07) is 8.63. The van der Waals surface area contributed by atoms with Crippen LogP contribution in [0.5, 0.6) is 0 Å². The molecule has 23 heavy (non-hydrogen) atoms. The van der Waals surface area contributed by atoms with Crippen molar-refractivity contribution in [1.29, 1.82) is 0 Å². The van der Waals surface area contributed by atoms with E-state index in [1.165, 1.54) is 24.1 Å². The van der Waals surface area contributed by atoms with Crippen molar-refractivity contribution in [2.45, 2.75) is 32.6 Å². The van der Waals surface area contributed by atoms with Gasteiger partial charge < -0.3 is 15.0 Å². The first-order chi connectivity index (χ1) is 10.8. The van der Waals surface area contributed by atoms with Crippen LogP contribution in [0.3, 0.4) is 0 Å². The van der Waals surface area contributed by atoms with Gasteiger partial charge >= 0.3 is 0 Å². The Morgan fingerprint density at radius 2 is 2.13 bits per heavy atom. The standard InChI is InChI=1S/C18H27N3O.HI/c1-3-22-13-11-18(9-10-18)14-20-17(19-2)21-12-8-15-6-4-5-7-16(15)21;/h4-7H,3,8-14H2,1-2H3,(H,19,20);1H. The fraction of sp³-hybridized carbons (Fsp3) is 0.611. The number of nitrogens with one attached hydrogen (secondary N) is 1. The van der Waals surface area contributed by atoms with Crippen LogP contribution in [0.15, 0.2) is 29.3 Å². The summed E-state index contributed by atoms with van der Waals surface area (Å²) >= 11 is 0. The van der Waals surface area contributed by atoms with Crippen molar-refractivity contribution in [3.63, 3.8) is 0 Å². The number of anilines is 1. The Morgan fingerprint density at radius 3 is 2.83 bits per heavy atom. The normalized spacial score (nSPS) is 18.3. The van der Waals surface area contributed by atoms with Gasteiger partial charge in [-0.15, -0.1) is 24.0 Å². The van der Waals surface area contributed by atoms with Crippen LogP contribution in [0.25, 0.3) is 0 Å². The van der Waals surface area contributed by atoms with E-state index < -0.39 is 0 Å². The van der Waals surface area contributed by atoms with Gasteiger partial charge in [0.05, 0.1) is 0 Å². The molecule has 0 atom stereocenters. The third-order valence-corrected chi connectivity index (χ3v) is 4.91. The van der Waals surface area contributed by atoms with E-state index in [1.54, 1.807) is 0 Å². The topological polar surface area (TPSA) is 36.9 Å². The molecule has 1 N–H and O–H groups in total. The van der Waals surface area contributed by atoms with E-state index in [1.807, 2.05) is 7.05 Å². The second-order valence-electron chi connectivity index (χ2n) is 6.38. The van der Waals surface area contributed by atoms with Gasteiger partial charge in [-0.1, -0.05) is 18.2 Å². The lowest BCUT2D eigenvalue weighted by atomic mass is 10.0. The number of hydrogen-bond donors (Lipinski definition) is 1. The number of para-hydroxylation sites is 1. The Labute approximate surface area is 156 Å². The van der Waals surface area contributed by atoms with Gasteiger partial charge in [-0.2, -0.15) is 0 Å². The van der Waals surface area contributed by atoms with Crippen molar-refractivity contribution in [1.82, 2.24) is 5.32 Å². The highest BCUT2D eigenvalue weighted by atomic mass is 127. The first-order valence-corrected chi connectivity index (χ1v) is 8.42. The molecule has 1 saturated carbocycles. The highest BCUT2D eigenvalue weighted by Gasteiger charge is 2.42. The molecule has 3 rings (SSSR count). The summed E-state index contributed by atoms with van der Waals surface area (Å²) in [5, 5.41) is 3.60. The second-order valence-corrected chi connectivity index (χ2v) is 6.38. The molecule has 0 amide bonds. The molecule has 4 nitrogen and oxygen atoms in total. The van der Waals surface area contributed by atoms with E-state index in [4.69, 9.17) is 4.74 Å². The third-order valence-electron chi connectivity index (χ3n) is 4.91. The van der Waals surface area contributed by atoms with E-state index >= 15 is 0 Å². The maximum absolute atomic E-state index is 5.52. The molecule has 1 aliphatic carbocycles. The van der Waals surface area contributed by atoms with Crippen molar-refractivity contribution < 1.29 is 4.74 Å². The van der Waals surface area contributed by atoms with Crippen LogP contribution in [0, 0.1) is 5.41 Å². The molecule has 0 saturated heterocycles. The van der Waals surface area contributed by atoms with Crippen molar-refractivity contribution >= 4 is 35.6 Å². The monoisotopic (exact) mass is 429 g/mol. The summed E-state index contributed by atoms with van der Waals surface area (Å²) < 4.78 is 5.52. The number of guanidine groups is 1. The van der Waals surface area contributed by atoms with Crippen LogP contribution in [0.2, 0.25) is 0 Å². The number of aliphatic imine (C=N–C) groups is 1. The molecule has 1 heterocycles. The maximum Gasteiger partial charge on any atom is 0.198 e. The lowest BCUT2D eigenvalue weighted by Crippen LogP contribution is -2.43. The van der Waals surface area contributed by atoms with Gasteiger partial charge in [-0.25, -0.2) is 0 Å². The quantitative estimate of drug-likeness (QED) is 0.326. The van der Waals surface area contributed by atoms with E-state index in [2.05, 4.69) is 46.4 Å². The molecule has 1 aromatic rings. The first kappa shape index (κ1) is 18.5. The molecular formula is C18H28IN3O. The fourth-order valence-corrected chi connectivity index (χ4v) is 3.24. The van der Waals surface area contributed by atoms with Gasteiger partial charge in [0.15, 0.2) is 5.96 Å². The van der Waals surface area contributed by atoms with Crippen LogP contribution in [0.4, 0.5) is 5.69 Å². The molecule has 1 aromatic carbocycles. The van der Waals surface area contributed by atoms with Crippen molar-refractivity contribution in [2.24, 2.45) is 10.4 Å². The van der Waals surface area contributed by atoms with Crippen molar-refractivity contribution in [2.75, 3.05) is 38.3 Å². The van der Waals surface area contributed by atoms with Crippen LogP contribution in [0.1, 0.15) is 31.7 Å². The minimum atomic E-state index is 0. The van der Waals surface area contributed by atoms with Gasteiger partial charge in [-0.3, -0.25) is 4.99 Å². The average molecular weight is 429 g/mol. The molecular weight excluding hydrogens is 401 g/mol. The lowest BCUT2D eigenvalue weighted by molar-refractivity contribution is 0.128. The lowest BCUT2D eigenvalue weighted by Gasteiger charge is -2.25. The van der Waals surface area contributed by atoms with Crippen LogP contribution < -0.4 is 10.2 Å². The highest BCUT2D eigenvalue weighted by molar-refractivity contribution is 14.0. The zero-order valence-corrected chi connectivity index (χ0v) is 16.5. The number of ether oxygens (including phenoxy) is 1. The SMILES string of the molecule is CCOCCC1(CNC(=NC)N2CCc3ccccc32)CC1.I. The van der Waals surface area contributed by atoms with Crippen molar-refractivity contribution in [3.8, 4) is 0 Å². The Morgan fingerprint density at radius 1 is 1.35 bits per heavy atom. The molecule has 2 aliphatic rings. The molecule has 1 aliphatic heterocycles. The van der Waals surface area contributed by atoms with Crippen LogP contribution >= 0.6 is 24.0 Å². The Hall–Kier alpha value is -0.820. The number of rotatable bonds is 6. The van der Waals surface area contributed by atoms with E-state index in [-0.39, 0.29) is 24.0 Å². The molecule has 0 aromatic heterocycles. The molecule has 128 valence electrons. The fourth-order valence-electron chi connectivity index (χ4n) is 3.24. The number of hydrogen-bond acceptors (Lipinski definition) is 2. The summed E-state index contributed by atoms with van der Waals surface area (Å²) in [6.07, 6.45) is 4.87. The second kappa shape index (κ2) is 8.33. The van der Waals surface area contributed by atoms with Gasteiger partial charge in [0.25, 0.3) is 0 Å². The van der Waals surface area contributed by atoms with Gasteiger partial charge in [-0.05, 0) is 49.7 Å². The zero-order valence-electron chi connectivity index (χ0n) is 14.2. The van der Waals surface area contributed by atoms with E-state index in [0.29, 0.717) is 5.41 Å². The zero-order chi connectivity index (χ0) is 15.4. The summed E-state index contributed by atoms with van der Waals surface area (Å²) in [5.41, 5.74) is 3.15. The van der Waals surface area contributed by atoms with Crippen molar-refractivity contribution in [3.05, 3.63) is 29.8 Å². The molecule has 0 spiro atoms. The summed E-state index contributed by atoms with van der Waals surface area (Å²) in [7, 11) is 1.88. The maximum atomic E-state index is 5.52. The third kappa shape index (κ3) is 4.38. The number of benzene rings is 1. The Bertz CT molecular complexity index is 543. The molecule has 1 fully saturated rings. The van der Waals surface area contributed by atoms with E-state index in [0.717, 1.165) is 45.1 Å². The predicted molar refractivity (Wildman–Crippen MR) is 107 cm³/mol. The summed E-state index contributed by atoms with van der Waals surface area (Å²) in [5.74, 6) is 1.01. The number of fused-ring (bicyclic) bond motifs is 1.